The van der Waals surface area contributed by atoms with Crippen molar-refractivity contribution in [2.75, 3.05) is 19.8 Å². The number of H-pyrrole nitrogens is 2. The van der Waals surface area contributed by atoms with Crippen LogP contribution in [0.1, 0.15) is 16.8 Å². The summed E-state index contributed by atoms with van der Waals surface area (Å²) in [4.78, 5) is 39.4. The molecule has 1 aromatic heterocycles. The average molecular weight is 303 g/mol. The van der Waals surface area contributed by atoms with Crippen molar-refractivity contribution in [3.63, 3.8) is 0 Å². The quantitative estimate of drug-likeness (QED) is 0.394. The van der Waals surface area contributed by atoms with Crippen LogP contribution in [0.2, 0.25) is 0 Å². The normalized spacial score (nSPS) is 10.5. The third kappa shape index (κ3) is 3.92. The van der Waals surface area contributed by atoms with Crippen molar-refractivity contribution in [3.8, 4) is 0 Å². The Morgan fingerprint density at radius 1 is 1.23 bits per heavy atom. The van der Waals surface area contributed by atoms with Gasteiger partial charge in [-0.15, -0.1) is 6.58 Å². The second-order valence-corrected chi connectivity index (χ2v) is 4.64. The molecule has 22 heavy (non-hydrogen) atoms. The van der Waals surface area contributed by atoms with Gasteiger partial charge in [-0.3, -0.25) is 14.4 Å². The number of carbonyl (C=O) groups is 1. The van der Waals surface area contributed by atoms with Crippen molar-refractivity contribution in [1.29, 1.82) is 0 Å². The fourth-order valence-electron chi connectivity index (χ4n) is 1.90. The van der Waals surface area contributed by atoms with Crippen LogP contribution >= 0.6 is 0 Å². The van der Waals surface area contributed by atoms with Gasteiger partial charge in [-0.1, -0.05) is 6.08 Å². The minimum Gasteiger partial charge on any atom is -0.377 e. The first kappa shape index (κ1) is 15.7. The van der Waals surface area contributed by atoms with Crippen molar-refractivity contribution in [2.24, 2.45) is 0 Å². The average Bonchev–Trinajstić information content (AvgIpc) is 2.51. The molecule has 1 aromatic carbocycles. The zero-order valence-corrected chi connectivity index (χ0v) is 12.0. The topological polar surface area (TPSA) is 104 Å². The molecule has 1 heterocycles. The molecular formula is C15H17N3O4. The highest BCUT2D eigenvalue weighted by Gasteiger charge is 2.07. The van der Waals surface area contributed by atoms with E-state index < -0.39 is 11.1 Å². The number of nitrogens with one attached hydrogen (secondary N) is 3. The van der Waals surface area contributed by atoms with Crippen molar-refractivity contribution in [2.45, 2.75) is 6.42 Å². The van der Waals surface area contributed by atoms with Gasteiger partial charge >= 0.3 is 11.1 Å². The van der Waals surface area contributed by atoms with Gasteiger partial charge in [-0.2, -0.15) is 0 Å². The van der Waals surface area contributed by atoms with Crippen molar-refractivity contribution in [1.82, 2.24) is 15.3 Å². The van der Waals surface area contributed by atoms with E-state index in [4.69, 9.17) is 4.74 Å². The van der Waals surface area contributed by atoms with Crippen LogP contribution in [0.3, 0.4) is 0 Å². The molecule has 7 nitrogen and oxygen atoms in total. The predicted octanol–water partition coefficient (Wildman–Crippen LogP) is 0.539. The molecule has 0 saturated heterocycles. The van der Waals surface area contributed by atoms with E-state index in [1.54, 1.807) is 18.2 Å². The lowest BCUT2D eigenvalue weighted by Gasteiger charge is -2.06. The zero-order valence-electron chi connectivity index (χ0n) is 12.0. The van der Waals surface area contributed by atoms with Gasteiger partial charge in [0.15, 0.2) is 0 Å². The molecule has 116 valence electrons. The lowest BCUT2D eigenvalue weighted by Crippen LogP contribution is -2.29. The number of benzene rings is 1. The Morgan fingerprint density at radius 2 is 1.95 bits per heavy atom. The molecule has 0 aliphatic heterocycles. The third-order valence-electron chi connectivity index (χ3n) is 2.97. The highest BCUT2D eigenvalue weighted by atomic mass is 16.5. The number of hydrogen-bond acceptors (Lipinski definition) is 4. The van der Waals surface area contributed by atoms with Crippen LogP contribution in [0.25, 0.3) is 11.0 Å². The number of fused-ring (bicyclic) bond motifs is 1. The molecule has 0 aliphatic carbocycles. The molecule has 0 atom stereocenters. The van der Waals surface area contributed by atoms with E-state index >= 15 is 0 Å². The lowest BCUT2D eigenvalue weighted by atomic mass is 10.2. The summed E-state index contributed by atoms with van der Waals surface area (Å²) in [5.41, 5.74) is -0.179. The second-order valence-electron chi connectivity index (χ2n) is 4.64. The van der Waals surface area contributed by atoms with Gasteiger partial charge in [-0.05, 0) is 24.6 Å². The number of hydrogen-bond donors (Lipinski definition) is 3. The van der Waals surface area contributed by atoms with Crippen molar-refractivity contribution >= 4 is 16.9 Å². The van der Waals surface area contributed by atoms with Crippen molar-refractivity contribution in [3.05, 3.63) is 57.1 Å². The smallest absolute Gasteiger partial charge is 0.314 e. The Balaban J connectivity index is 1.99. The molecule has 7 heteroatoms. The molecular weight excluding hydrogens is 286 g/mol. The second kappa shape index (κ2) is 7.37. The largest absolute Gasteiger partial charge is 0.377 e. The van der Waals surface area contributed by atoms with Gasteiger partial charge < -0.3 is 20.0 Å². The lowest BCUT2D eigenvalue weighted by molar-refractivity contribution is 0.0946. The standard InChI is InChI=1S/C15H17N3O4/c1-2-7-22-8-3-6-16-13(19)10-4-5-11-12(9-10)18-15(21)14(20)17-11/h2,4-5,9H,1,3,6-8H2,(H,16,19)(H,17,20)(H,18,21). The summed E-state index contributed by atoms with van der Waals surface area (Å²) in [6.45, 7) is 5.05. The third-order valence-corrected chi connectivity index (χ3v) is 2.97. The summed E-state index contributed by atoms with van der Waals surface area (Å²) in [6.07, 6.45) is 2.36. The van der Waals surface area contributed by atoms with E-state index in [0.29, 0.717) is 42.8 Å². The fourth-order valence-corrected chi connectivity index (χ4v) is 1.90. The number of ether oxygens (including phenoxy) is 1. The van der Waals surface area contributed by atoms with Crippen LogP contribution in [-0.2, 0) is 4.74 Å². The maximum Gasteiger partial charge on any atom is 0.314 e. The predicted molar refractivity (Wildman–Crippen MR) is 83.2 cm³/mol. The molecule has 1 amide bonds. The SMILES string of the molecule is C=CCOCCCNC(=O)c1ccc2[nH]c(=O)c(=O)[nH]c2c1. The van der Waals surface area contributed by atoms with Gasteiger partial charge in [0.1, 0.15) is 0 Å². The van der Waals surface area contributed by atoms with Crippen LogP contribution < -0.4 is 16.4 Å². The Kier molecular flexibility index (Phi) is 5.26. The molecule has 0 spiro atoms. The van der Waals surface area contributed by atoms with Crippen LogP contribution in [0.5, 0.6) is 0 Å². The highest BCUT2D eigenvalue weighted by molar-refractivity contribution is 5.97. The minimum atomic E-state index is -0.746. The maximum absolute atomic E-state index is 12.0. The van der Waals surface area contributed by atoms with Gasteiger partial charge in [-0.25, -0.2) is 0 Å². The van der Waals surface area contributed by atoms with Crippen LogP contribution in [0, 0.1) is 0 Å². The first-order chi connectivity index (χ1) is 10.6. The van der Waals surface area contributed by atoms with E-state index in [-0.39, 0.29) is 5.91 Å². The number of aromatic nitrogens is 2. The van der Waals surface area contributed by atoms with E-state index in [2.05, 4.69) is 21.9 Å². The maximum atomic E-state index is 12.0. The van der Waals surface area contributed by atoms with E-state index in [0.717, 1.165) is 0 Å². The van der Waals surface area contributed by atoms with Gasteiger partial charge in [0.25, 0.3) is 5.91 Å². The molecule has 0 aliphatic rings. The van der Waals surface area contributed by atoms with E-state index in [1.807, 2.05) is 0 Å². The summed E-state index contributed by atoms with van der Waals surface area (Å²) in [6, 6.07) is 4.69. The summed E-state index contributed by atoms with van der Waals surface area (Å²) in [5, 5.41) is 2.76. The van der Waals surface area contributed by atoms with E-state index in [1.165, 1.54) is 6.07 Å². The molecule has 0 unspecified atom stereocenters. The fraction of sp³-hybridized carbons (Fsp3) is 0.267. The zero-order chi connectivity index (χ0) is 15.9. The van der Waals surface area contributed by atoms with Crippen LogP contribution in [0.4, 0.5) is 0 Å². The monoisotopic (exact) mass is 303 g/mol. The summed E-state index contributed by atoms with van der Waals surface area (Å²) < 4.78 is 5.21. The Labute approximate surface area is 126 Å². The summed E-state index contributed by atoms with van der Waals surface area (Å²) in [5.74, 6) is -0.252. The molecule has 2 rings (SSSR count). The number of rotatable bonds is 7. The molecule has 0 radical (unpaired) electrons. The van der Waals surface area contributed by atoms with Gasteiger partial charge in [0.05, 0.1) is 17.6 Å². The molecule has 0 saturated carbocycles. The van der Waals surface area contributed by atoms with Gasteiger partial charge in [0.2, 0.25) is 0 Å². The number of amides is 1. The Bertz CT molecular complexity index is 791. The van der Waals surface area contributed by atoms with Crippen molar-refractivity contribution < 1.29 is 9.53 Å². The first-order valence-electron chi connectivity index (χ1n) is 6.85. The first-order valence-corrected chi connectivity index (χ1v) is 6.85. The molecule has 0 bridgehead atoms. The number of carbonyl (C=O) groups excluding carboxylic acids is 1. The Morgan fingerprint density at radius 3 is 2.68 bits per heavy atom. The summed E-state index contributed by atoms with van der Waals surface area (Å²) in [7, 11) is 0. The number of aromatic amines is 2. The van der Waals surface area contributed by atoms with Gasteiger partial charge in [0, 0.05) is 18.7 Å². The van der Waals surface area contributed by atoms with E-state index in [9.17, 15) is 14.4 Å². The molecule has 3 N–H and O–H groups in total. The molecule has 0 fully saturated rings. The minimum absolute atomic E-state index is 0.252. The Hall–Kier alpha value is -2.67. The molecule has 2 aromatic rings. The van der Waals surface area contributed by atoms with Crippen LogP contribution in [0.15, 0.2) is 40.4 Å². The van der Waals surface area contributed by atoms with Crippen LogP contribution in [-0.4, -0.2) is 35.6 Å². The highest BCUT2D eigenvalue weighted by Crippen LogP contribution is 2.09. The summed E-state index contributed by atoms with van der Waals surface area (Å²) >= 11 is 0.